The van der Waals surface area contributed by atoms with Crippen LogP contribution in [0.4, 0.5) is 0 Å². The number of aromatic nitrogens is 1. The van der Waals surface area contributed by atoms with Gasteiger partial charge in [0, 0.05) is 23.5 Å². The van der Waals surface area contributed by atoms with Gasteiger partial charge < -0.3 is 14.6 Å². The first-order valence-corrected chi connectivity index (χ1v) is 7.32. The Labute approximate surface area is 117 Å². The largest absolute Gasteiger partial charge is 0.388 e. The molecule has 2 rings (SSSR count). The predicted molar refractivity (Wildman–Crippen MR) is 79.4 cm³/mol. The van der Waals surface area contributed by atoms with Crippen LogP contribution in [-0.2, 0) is 13.0 Å². The van der Waals surface area contributed by atoms with Crippen LogP contribution < -0.4 is 0 Å². The monoisotopic (exact) mass is 264 g/mol. The van der Waals surface area contributed by atoms with Crippen LogP contribution in [-0.4, -0.2) is 35.2 Å². The lowest BCUT2D eigenvalue weighted by Gasteiger charge is -2.34. The number of aliphatic hydroxyl groups excluding tert-OH is 1. The SMILES string of the molecule is Cc1cc2c(n1CCCN(C)C)CC(C)(C)CC2O. The van der Waals surface area contributed by atoms with Crippen LogP contribution in [0.3, 0.4) is 0 Å². The average molecular weight is 264 g/mol. The standard InChI is InChI=1S/C16H28N2O/c1-12-9-13-14(10-16(2,3)11-15(13)19)18(12)8-6-7-17(4)5/h9,15,19H,6-8,10-11H2,1-5H3. The summed E-state index contributed by atoms with van der Waals surface area (Å²) in [7, 11) is 4.23. The highest BCUT2D eigenvalue weighted by Gasteiger charge is 2.33. The molecule has 1 atom stereocenters. The van der Waals surface area contributed by atoms with E-state index >= 15 is 0 Å². The summed E-state index contributed by atoms with van der Waals surface area (Å²) in [4.78, 5) is 2.23. The quantitative estimate of drug-likeness (QED) is 0.906. The highest BCUT2D eigenvalue weighted by Crippen LogP contribution is 2.41. The summed E-state index contributed by atoms with van der Waals surface area (Å²) in [5, 5.41) is 10.3. The number of nitrogens with zero attached hydrogens (tertiary/aromatic N) is 2. The third-order valence-electron chi connectivity index (χ3n) is 4.19. The van der Waals surface area contributed by atoms with E-state index in [0.717, 1.165) is 32.4 Å². The molecule has 0 saturated carbocycles. The zero-order chi connectivity index (χ0) is 14.2. The molecule has 0 bridgehead atoms. The van der Waals surface area contributed by atoms with Crippen molar-refractivity contribution in [3.63, 3.8) is 0 Å². The lowest BCUT2D eigenvalue weighted by Crippen LogP contribution is -2.27. The van der Waals surface area contributed by atoms with Crippen molar-refractivity contribution in [3.8, 4) is 0 Å². The molecule has 1 aliphatic rings. The van der Waals surface area contributed by atoms with E-state index < -0.39 is 0 Å². The summed E-state index contributed by atoms with van der Waals surface area (Å²) in [5.41, 5.74) is 4.03. The summed E-state index contributed by atoms with van der Waals surface area (Å²) in [6.07, 6.45) is 2.83. The zero-order valence-corrected chi connectivity index (χ0v) is 13.0. The molecular weight excluding hydrogens is 236 g/mol. The molecule has 0 aliphatic heterocycles. The van der Waals surface area contributed by atoms with E-state index in [2.05, 4.69) is 50.4 Å². The summed E-state index contributed by atoms with van der Waals surface area (Å²) in [6.45, 7) is 8.84. The van der Waals surface area contributed by atoms with Crippen LogP contribution in [0.1, 0.15) is 49.7 Å². The second-order valence-corrected chi connectivity index (χ2v) is 7.06. The van der Waals surface area contributed by atoms with Crippen LogP contribution in [0, 0.1) is 12.3 Å². The molecule has 1 heterocycles. The summed E-state index contributed by atoms with van der Waals surface area (Å²) < 4.78 is 2.42. The van der Waals surface area contributed by atoms with Gasteiger partial charge in [0.2, 0.25) is 0 Å². The Morgan fingerprint density at radius 3 is 2.74 bits per heavy atom. The maximum atomic E-state index is 10.3. The maximum absolute atomic E-state index is 10.3. The van der Waals surface area contributed by atoms with Crippen LogP contribution in [0.25, 0.3) is 0 Å². The molecular formula is C16H28N2O. The number of rotatable bonds is 4. The van der Waals surface area contributed by atoms with Gasteiger partial charge in [0.1, 0.15) is 0 Å². The van der Waals surface area contributed by atoms with Gasteiger partial charge in [-0.3, -0.25) is 0 Å². The molecule has 19 heavy (non-hydrogen) atoms. The first kappa shape index (κ1) is 14.6. The van der Waals surface area contributed by atoms with Crippen molar-refractivity contribution < 1.29 is 5.11 Å². The Morgan fingerprint density at radius 2 is 2.11 bits per heavy atom. The van der Waals surface area contributed by atoms with Gasteiger partial charge in [-0.2, -0.15) is 0 Å². The molecule has 0 saturated heterocycles. The number of hydrogen-bond donors (Lipinski definition) is 1. The fourth-order valence-corrected chi connectivity index (χ4v) is 3.26. The summed E-state index contributed by atoms with van der Waals surface area (Å²) >= 11 is 0. The Balaban J connectivity index is 2.21. The second kappa shape index (κ2) is 5.29. The van der Waals surface area contributed by atoms with Gasteiger partial charge in [-0.05, 0) is 58.3 Å². The minimum atomic E-state index is -0.285. The van der Waals surface area contributed by atoms with Gasteiger partial charge in [-0.1, -0.05) is 13.8 Å². The number of aliphatic hydroxyl groups is 1. The molecule has 3 nitrogen and oxygen atoms in total. The summed E-state index contributed by atoms with van der Waals surface area (Å²) in [6, 6.07) is 2.19. The number of aryl methyl sites for hydroxylation is 1. The number of fused-ring (bicyclic) bond motifs is 1. The van der Waals surface area contributed by atoms with Crippen LogP contribution in [0.15, 0.2) is 6.07 Å². The molecule has 1 N–H and O–H groups in total. The van der Waals surface area contributed by atoms with Crippen molar-refractivity contribution in [1.82, 2.24) is 9.47 Å². The van der Waals surface area contributed by atoms with Crippen molar-refractivity contribution in [2.24, 2.45) is 5.41 Å². The molecule has 0 radical (unpaired) electrons. The van der Waals surface area contributed by atoms with Gasteiger partial charge in [0.25, 0.3) is 0 Å². The Hall–Kier alpha value is -0.800. The smallest absolute Gasteiger partial charge is 0.0812 e. The van der Waals surface area contributed by atoms with E-state index in [1.807, 2.05) is 0 Å². The fourth-order valence-electron chi connectivity index (χ4n) is 3.26. The third kappa shape index (κ3) is 3.21. The van der Waals surface area contributed by atoms with E-state index in [-0.39, 0.29) is 11.5 Å². The highest BCUT2D eigenvalue weighted by atomic mass is 16.3. The minimum absolute atomic E-state index is 0.205. The van der Waals surface area contributed by atoms with Crippen molar-refractivity contribution in [2.45, 2.75) is 52.7 Å². The third-order valence-corrected chi connectivity index (χ3v) is 4.19. The molecule has 1 unspecified atom stereocenters. The Bertz CT molecular complexity index is 446. The van der Waals surface area contributed by atoms with E-state index in [0.29, 0.717) is 0 Å². The minimum Gasteiger partial charge on any atom is -0.388 e. The molecule has 0 aromatic carbocycles. The van der Waals surface area contributed by atoms with Crippen LogP contribution in [0.2, 0.25) is 0 Å². The van der Waals surface area contributed by atoms with E-state index in [4.69, 9.17) is 0 Å². The molecule has 3 heteroatoms. The molecule has 1 aromatic heterocycles. The molecule has 0 spiro atoms. The van der Waals surface area contributed by atoms with Gasteiger partial charge in [-0.15, -0.1) is 0 Å². The van der Waals surface area contributed by atoms with Gasteiger partial charge in [0.05, 0.1) is 6.10 Å². The van der Waals surface area contributed by atoms with Gasteiger partial charge in [-0.25, -0.2) is 0 Å². The van der Waals surface area contributed by atoms with Gasteiger partial charge >= 0.3 is 0 Å². The van der Waals surface area contributed by atoms with Crippen LogP contribution in [0.5, 0.6) is 0 Å². The Morgan fingerprint density at radius 1 is 1.42 bits per heavy atom. The molecule has 1 aliphatic carbocycles. The molecule has 108 valence electrons. The molecule has 1 aromatic rings. The first-order chi connectivity index (χ1) is 8.80. The Kier molecular flexibility index (Phi) is 4.07. The lowest BCUT2D eigenvalue weighted by molar-refractivity contribution is 0.0979. The lowest BCUT2D eigenvalue weighted by atomic mass is 9.75. The average Bonchev–Trinajstić information content (AvgIpc) is 2.55. The second-order valence-electron chi connectivity index (χ2n) is 7.06. The van der Waals surface area contributed by atoms with Crippen molar-refractivity contribution >= 4 is 0 Å². The maximum Gasteiger partial charge on any atom is 0.0812 e. The topological polar surface area (TPSA) is 28.4 Å². The van der Waals surface area contributed by atoms with E-state index in [9.17, 15) is 5.11 Å². The summed E-state index contributed by atoms with van der Waals surface area (Å²) in [5.74, 6) is 0. The van der Waals surface area contributed by atoms with Crippen molar-refractivity contribution in [2.75, 3.05) is 20.6 Å². The predicted octanol–water partition coefficient (Wildman–Crippen LogP) is 2.75. The number of hydrogen-bond acceptors (Lipinski definition) is 2. The zero-order valence-electron chi connectivity index (χ0n) is 13.0. The normalized spacial score (nSPS) is 21.7. The van der Waals surface area contributed by atoms with Crippen molar-refractivity contribution in [1.29, 1.82) is 0 Å². The van der Waals surface area contributed by atoms with Gasteiger partial charge in [0.15, 0.2) is 0 Å². The highest BCUT2D eigenvalue weighted by molar-refractivity contribution is 5.33. The van der Waals surface area contributed by atoms with E-state index in [1.54, 1.807) is 0 Å². The van der Waals surface area contributed by atoms with Crippen LogP contribution >= 0.6 is 0 Å². The molecule has 0 fully saturated rings. The van der Waals surface area contributed by atoms with E-state index in [1.165, 1.54) is 17.0 Å². The molecule has 0 amide bonds. The fraction of sp³-hybridized carbons (Fsp3) is 0.750. The van der Waals surface area contributed by atoms with Crippen molar-refractivity contribution in [3.05, 3.63) is 23.0 Å². The first-order valence-electron chi connectivity index (χ1n) is 7.32.